The highest BCUT2D eigenvalue weighted by Gasteiger charge is 2.39. The number of imidazole rings is 1. The first-order valence-corrected chi connectivity index (χ1v) is 6.95. The zero-order valence-corrected chi connectivity index (χ0v) is 11.4. The standard InChI is InChI=1S/C13H13ClF3N3/c14-8-6-10-11(18-7-8)20(9-4-2-1-3-5-9)12(19-10)13(15,16)17/h6-7,9H,1-5H2. The van der Waals surface area contributed by atoms with Gasteiger partial charge in [0.25, 0.3) is 0 Å². The first-order chi connectivity index (χ1) is 9.47. The Balaban J connectivity index is 2.20. The zero-order valence-electron chi connectivity index (χ0n) is 10.6. The van der Waals surface area contributed by atoms with Crippen molar-refractivity contribution in [2.75, 3.05) is 0 Å². The van der Waals surface area contributed by atoms with Gasteiger partial charge in [0.1, 0.15) is 5.52 Å². The van der Waals surface area contributed by atoms with E-state index in [2.05, 4.69) is 9.97 Å². The molecule has 1 aliphatic carbocycles. The highest BCUT2D eigenvalue weighted by Crippen LogP contribution is 2.38. The molecular formula is C13H13ClF3N3. The summed E-state index contributed by atoms with van der Waals surface area (Å²) in [7, 11) is 0. The number of alkyl halides is 3. The Morgan fingerprint density at radius 3 is 2.55 bits per heavy atom. The first kappa shape index (κ1) is 13.7. The molecule has 0 atom stereocenters. The molecule has 0 aliphatic heterocycles. The van der Waals surface area contributed by atoms with Crippen LogP contribution < -0.4 is 0 Å². The van der Waals surface area contributed by atoms with Crippen molar-refractivity contribution in [2.24, 2.45) is 0 Å². The van der Waals surface area contributed by atoms with E-state index in [4.69, 9.17) is 11.6 Å². The minimum absolute atomic E-state index is 0.181. The van der Waals surface area contributed by atoms with Crippen molar-refractivity contribution in [2.45, 2.75) is 44.3 Å². The van der Waals surface area contributed by atoms with Crippen LogP contribution in [-0.2, 0) is 6.18 Å². The number of halogens is 4. The summed E-state index contributed by atoms with van der Waals surface area (Å²) < 4.78 is 40.8. The highest BCUT2D eigenvalue weighted by atomic mass is 35.5. The number of rotatable bonds is 1. The van der Waals surface area contributed by atoms with E-state index in [0.717, 1.165) is 32.1 Å². The third kappa shape index (κ3) is 2.37. The minimum Gasteiger partial charge on any atom is -0.302 e. The molecule has 0 spiro atoms. The van der Waals surface area contributed by atoms with E-state index in [0.29, 0.717) is 5.02 Å². The lowest BCUT2D eigenvalue weighted by molar-refractivity contribution is -0.147. The number of hydrogen-bond acceptors (Lipinski definition) is 2. The Labute approximate surface area is 118 Å². The largest absolute Gasteiger partial charge is 0.449 e. The van der Waals surface area contributed by atoms with E-state index >= 15 is 0 Å². The molecule has 7 heteroatoms. The SMILES string of the molecule is FC(F)(F)c1nc2cc(Cl)cnc2n1C1CCCCC1. The predicted molar refractivity (Wildman–Crippen MR) is 69.7 cm³/mol. The van der Waals surface area contributed by atoms with Gasteiger partial charge in [0.2, 0.25) is 5.82 Å². The van der Waals surface area contributed by atoms with Crippen LogP contribution in [0.4, 0.5) is 13.2 Å². The van der Waals surface area contributed by atoms with Gasteiger partial charge in [-0.15, -0.1) is 0 Å². The van der Waals surface area contributed by atoms with Gasteiger partial charge in [-0.25, -0.2) is 9.97 Å². The molecule has 0 unspecified atom stereocenters. The van der Waals surface area contributed by atoms with Crippen LogP contribution in [-0.4, -0.2) is 14.5 Å². The molecular weight excluding hydrogens is 291 g/mol. The van der Waals surface area contributed by atoms with Gasteiger partial charge in [0, 0.05) is 12.2 Å². The van der Waals surface area contributed by atoms with Crippen LogP contribution in [0.5, 0.6) is 0 Å². The summed E-state index contributed by atoms with van der Waals surface area (Å²) in [5.74, 6) is -0.867. The first-order valence-electron chi connectivity index (χ1n) is 6.57. The number of fused-ring (bicyclic) bond motifs is 1. The van der Waals surface area contributed by atoms with Crippen LogP contribution in [0, 0.1) is 0 Å². The molecule has 2 aromatic rings. The second-order valence-corrected chi connectivity index (χ2v) is 5.53. The number of hydrogen-bond donors (Lipinski definition) is 0. The molecule has 1 saturated carbocycles. The van der Waals surface area contributed by atoms with Gasteiger partial charge in [-0.1, -0.05) is 30.9 Å². The molecule has 0 aromatic carbocycles. The summed E-state index contributed by atoms with van der Waals surface area (Å²) in [5.41, 5.74) is 0.476. The Morgan fingerprint density at radius 2 is 1.90 bits per heavy atom. The molecule has 3 rings (SSSR count). The molecule has 0 bridgehead atoms. The fraction of sp³-hybridized carbons (Fsp3) is 0.538. The average Bonchev–Trinajstić information content (AvgIpc) is 2.78. The molecule has 0 saturated heterocycles. The fourth-order valence-electron chi connectivity index (χ4n) is 2.84. The van der Waals surface area contributed by atoms with E-state index in [1.165, 1.54) is 16.8 Å². The van der Waals surface area contributed by atoms with Crippen molar-refractivity contribution in [3.05, 3.63) is 23.1 Å². The van der Waals surface area contributed by atoms with Gasteiger partial charge in [-0.2, -0.15) is 13.2 Å². The minimum atomic E-state index is -4.48. The van der Waals surface area contributed by atoms with E-state index in [9.17, 15) is 13.2 Å². The van der Waals surface area contributed by atoms with Crippen LogP contribution in [0.25, 0.3) is 11.2 Å². The van der Waals surface area contributed by atoms with Crippen molar-refractivity contribution in [1.82, 2.24) is 14.5 Å². The smallest absolute Gasteiger partial charge is 0.302 e. The Kier molecular flexibility index (Phi) is 3.36. The zero-order chi connectivity index (χ0) is 14.3. The summed E-state index contributed by atoms with van der Waals surface area (Å²) in [5, 5.41) is 0.291. The molecule has 0 N–H and O–H groups in total. The second-order valence-electron chi connectivity index (χ2n) is 5.09. The summed E-state index contributed by atoms with van der Waals surface area (Å²) >= 11 is 5.79. The average molecular weight is 304 g/mol. The molecule has 1 fully saturated rings. The van der Waals surface area contributed by atoms with Crippen LogP contribution in [0.1, 0.15) is 44.0 Å². The predicted octanol–water partition coefficient (Wildman–Crippen LogP) is 4.61. The molecule has 108 valence electrons. The topological polar surface area (TPSA) is 30.7 Å². The molecule has 1 aliphatic rings. The van der Waals surface area contributed by atoms with Crippen molar-refractivity contribution in [3.8, 4) is 0 Å². The Hall–Kier alpha value is -1.30. The van der Waals surface area contributed by atoms with Gasteiger partial charge in [-0.3, -0.25) is 0 Å². The van der Waals surface area contributed by atoms with E-state index in [1.54, 1.807) is 0 Å². The van der Waals surface area contributed by atoms with Gasteiger partial charge >= 0.3 is 6.18 Å². The molecule has 20 heavy (non-hydrogen) atoms. The quantitative estimate of drug-likeness (QED) is 0.770. The Bertz CT molecular complexity index is 630. The third-order valence-corrected chi connectivity index (χ3v) is 3.90. The van der Waals surface area contributed by atoms with Crippen molar-refractivity contribution < 1.29 is 13.2 Å². The van der Waals surface area contributed by atoms with Crippen LogP contribution >= 0.6 is 11.6 Å². The summed E-state index contributed by atoms with van der Waals surface area (Å²) in [6, 6.07) is 1.25. The van der Waals surface area contributed by atoms with Crippen molar-refractivity contribution in [1.29, 1.82) is 0 Å². The van der Waals surface area contributed by atoms with Crippen molar-refractivity contribution in [3.63, 3.8) is 0 Å². The van der Waals surface area contributed by atoms with Crippen LogP contribution in [0.15, 0.2) is 12.3 Å². The summed E-state index contributed by atoms with van der Waals surface area (Å²) in [6.45, 7) is 0. The van der Waals surface area contributed by atoms with Crippen LogP contribution in [0.2, 0.25) is 5.02 Å². The third-order valence-electron chi connectivity index (χ3n) is 3.69. The monoisotopic (exact) mass is 303 g/mol. The lowest BCUT2D eigenvalue weighted by Crippen LogP contribution is -2.21. The molecule has 3 nitrogen and oxygen atoms in total. The van der Waals surface area contributed by atoms with E-state index < -0.39 is 12.0 Å². The molecule has 2 aromatic heterocycles. The lowest BCUT2D eigenvalue weighted by Gasteiger charge is -2.25. The molecule has 2 heterocycles. The van der Waals surface area contributed by atoms with Gasteiger partial charge in [0.15, 0.2) is 5.65 Å². The maximum Gasteiger partial charge on any atom is 0.449 e. The highest BCUT2D eigenvalue weighted by molar-refractivity contribution is 6.31. The molecule has 0 amide bonds. The summed E-state index contributed by atoms with van der Waals surface area (Å²) in [4.78, 5) is 7.77. The van der Waals surface area contributed by atoms with Gasteiger partial charge in [-0.05, 0) is 18.9 Å². The fourth-order valence-corrected chi connectivity index (χ4v) is 2.99. The van der Waals surface area contributed by atoms with Crippen molar-refractivity contribution >= 4 is 22.8 Å². The lowest BCUT2D eigenvalue weighted by atomic mass is 9.95. The summed E-state index contributed by atoms with van der Waals surface area (Å²) in [6.07, 6.45) is 1.31. The number of pyridine rings is 1. The van der Waals surface area contributed by atoms with Gasteiger partial charge < -0.3 is 4.57 Å². The second kappa shape index (κ2) is 4.91. The molecule has 0 radical (unpaired) electrons. The number of aromatic nitrogens is 3. The number of nitrogens with zero attached hydrogens (tertiary/aromatic N) is 3. The van der Waals surface area contributed by atoms with Crippen LogP contribution in [0.3, 0.4) is 0 Å². The van der Waals surface area contributed by atoms with E-state index in [-0.39, 0.29) is 17.2 Å². The maximum atomic E-state index is 13.2. The normalized spacial score (nSPS) is 17.8. The maximum absolute atomic E-state index is 13.2. The van der Waals surface area contributed by atoms with E-state index in [1.807, 2.05) is 0 Å². The van der Waals surface area contributed by atoms with Gasteiger partial charge in [0.05, 0.1) is 5.02 Å². The Morgan fingerprint density at radius 1 is 1.20 bits per heavy atom.